The third-order valence-electron chi connectivity index (χ3n) is 5.27. The van der Waals surface area contributed by atoms with Crippen LogP contribution in [0, 0.1) is 5.41 Å². The van der Waals surface area contributed by atoms with E-state index < -0.39 is 15.9 Å². The fourth-order valence-electron chi connectivity index (χ4n) is 3.47. The third kappa shape index (κ3) is 5.81. The lowest BCUT2D eigenvalue weighted by Crippen LogP contribution is -2.37. The molecule has 34 heavy (non-hydrogen) atoms. The Kier molecular flexibility index (Phi) is 7.60. The van der Waals surface area contributed by atoms with Gasteiger partial charge in [0.15, 0.2) is 0 Å². The first-order valence-electron chi connectivity index (χ1n) is 10.5. The largest absolute Gasteiger partial charge is 0.355 e. The van der Waals surface area contributed by atoms with E-state index >= 15 is 0 Å². The summed E-state index contributed by atoms with van der Waals surface area (Å²) in [6.07, 6.45) is 0. The highest BCUT2D eigenvalue weighted by Crippen LogP contribution is 2.24. The lowest BCUT2D eigenvalue weighted by molar-refractivity contribution is 0.262. The fraction of sp³-hybridized carbons (Fsp3) is 0.167. The number of rotatable bonds is 5. The van der Waals surface area contributed by atoms with Crippen LogP contribution >= 0.6 is 27.7 Å². The Hall–Kier alpha value is -2.82. The third-order valence-corrected chi connectivity index (χ3v) is 8.52. The van der Waals surface area contributed by atoms with Crippen molar-refractivity contribution in [1.82, 2.24) is 4.90 Å². The molecule has 1 heterocycles. The average molecular weight is 560 g/mol. The van der Waals surface area contributed by atoms with Crippen LogP contribution < -0.4 is 10.6 Å². The molecule has 0 saturated carbocycles. The van der Waals surface area contributed by atoms with Gasteiger partial charge in [0.1, 0.15) is 5.84 Å². The van der Waals surface area contributed by atoms with Crippen LogP contribution in [0.15, 0.2) is 87.1 Å². The Morgan fingerprint density at radius 2 is 1.47 bits per heavy atom. The molecule has 0 radical (unpaired) electrons. The molecule has 7 nitrogen and oxygen atoms in total. The summed E-state index contributed by atoms with van der Waals surface area (Å²) in [5, 5.41) is 13.9. The topological polar surface area (TPSA) is 102 Å². The molecular weight excluding hydrogens is 536 g/mol. The van der Waals surface area contributed by atoms with E-state index in [4.69, 9.17) is 5.41 Å². The van der Waals surface area contributed by atoms with Crippen LogP contribution in [0.4, 0.5) is 16.2 Å². The van der Waals surface area contributed by atoms with E-state index in [0.29, 0.717) is 17.2 Å². The molecule has 1 fully saturated rings. The van der Waals surface area contributed by atoms with Gasteiger partial charge in [0.05, 0.1) is 9.79 Å². The molecule has 4 rings (SSSR count). The Morgan fingerprint density at radius 1 is 0.882 bits per heavy atom. The molecule has 3 aromatic rings. The molecular formula is C24H23BrN4O3S2. The van der Waals surface area contributed by atoms with Crippen molar-refractivity contribution in [2.75, 3.05) is 35.2 Å². The lowest BCUT2D eigenvalue weighted by atomic mass is 10.1. The molecule has 3 aromatic carbocycles. The summed E-state index contributed by atoms with van der Waals surface area (Å²) in [5.41, 5.74) is 1.77. The van der Waals surface area contributed by atoms with Gasteiger partial charge >= 0.3 is 6.03 Å². The number of benzene rings is 3. The van der Waals surface area contributed by atoms with E-state index in [9.17, 15) is 13.2 Å². The first-order valence-corrected chi connectivity index (χ1v) is 14.0. The smallest absolute Gasteiger partial charge is 0.323 e. The van der Waals surface area contributed by atoms with Crippen molar-refractivity contribution in [3.63, 3.8) is 0 Å². The number of hydrogen-bond donors (Lipinski definition) is 3. The van der Waals surface area contributed by atoms with E-state index in [1.807, 2.05) is 22.7 Å². The first-order chi connectivity index (χ1) is 16.3. The molecule has 1 aliphatic rings. The van der Waals surface area contributed by atoms with Crippen molar-refractivity contribution < 1.29 is 13.2 Å². The highest BCUT2D eigenvalue weighted by atomic mass is 79.9. The summed E-state index contributed by atoms with van der Waals surface area (Å²) in [6, 6.07) is 19.2. The number of nitrogens with zero attached hydrogens (tertiary/aromatic N) is 1. The number of nitrogens with one attached hydrogen (secondary N) is 3. The van der Waals surface area contributed by atoms with Crippen molar-refractivity contribution in [1.29, 1.82) is 5.41 Å². The maximum Gasteiger partial charge on any atom is 0.323 e. The first kappa shape index (κ1) is 24.3. The second-order valence-electron chi connectivity index (χ2n) is 7.59. The van der Waals surface area contributed by atoms with Gasteiger partial charge in [0.25, 0.3) is 0 Å². The van der Waals surface area contributed by atoms with Gasteiger partial charge in [-0.05, 0) is 60.7 Å². The molecule has 10 heteroatoms. The Labute approximate surface area is 211 Å². The van der Waals surface area contributed by atoms with E-state index in [2.05, 4.69) is 26.6 Å². The number of sulfone groups is 1. The van der Waals surface area contributed by atoms with Crippen LogP contribution in [-0.2, 0) is 9.84 Å². The molecule has 1 aliphatic heterocycles. The predicted octanol–water partition coefficient (Wildman–Crippen LogP) is 5.30. The maximum atomic E-state index is 12.8. The molecule has 3 N–H and O–H groups in total. The van der Waals surface area contributed by atoms with Crippen molar-refractivity contribution >= 4 is 60.8 Å². The molecule has 1 saturated heterocycles. The zero-order valence-corrected chi connectivity index (χ0v) is 21.3. The summed E-state index contributed by atoms with van der Waals surface area (Å²) in [4.78, 5) is 14.9. The summed E-state index contributed by atoms with van der Waals surface area (Å²) < 4.78 is 26.4. The number of carbonyl (C=O) groups is 1. The summed E-state index contributed by atoms with van der Waals surface area (Å²) in [5.74, 6) is 2.46. The number of anilines is 2. The van der Waals surface area contributed by atoms with Gasteiger partial charge in [-0.1, -0.05) is 28.1 Å². The minimum Gasteiger partial charge on any atom is -0.355 e. The van der Waals surface area contributed by atoms with E-state index in [1.54, 1.807) is 42.5 Å². The molecule has 0 unspecified atom stereocenters. The van der Waals surface area contributed by atoms with Crippen molar-refractivity contribution in [3.8, 4) is 0 Å². The minimum absolute atomic E-state index is 0.142. The number of carbonyl (C=O) groups excluding carboxylic acids is 1. The number of urea groups is 1. The molecule has 2 amide bonds. The van der Waals surface area contributed by atoms with Gasteiger partial charge in [0, 0.05) is 46.0 Å². The molecule has 176 valence electrons. The van der Waals surface area contributed by atoms with Crippen molar-refractivity contribution in [3.05, 3.63) is 82.8 Å². The van der Waals surface area contributed by atoms with Crippen LogP contribution in [-0.4, -0.2) is 49.8 Å². The van der Waals surface area contributed by atoms with E-state index in [0.717, 1.165) is 34.6 Å². The number of thioether (sulfide) groups is 1. The predicted molar refractivity (Wildman–Crippen MR) is 141 cm³/mol. The number of amidine groups is 1. The average Bonchev–Trinajstić information content (AvgIpc) is 2.85. The van der Waals surface area contributed by atoms with Gasteiger partial charge in [-0.15, -0.1) is 0 Å². The van der Waals surface area contributed by atoms with E-state index in [1.165, 1.54) is 24.3 Å². The second-order valence-corrected chi connectivity index (χ2v) is 11.7. The highest BCUT2D eigenvalue weighted by Gasteiger charge is 2.18. The summed E-state index contributed by atoms with van der Waals surface area (Å²) in [6.45, 7) is 1.68. The van der Waals surface area contributed by atoms with Gasteiger partial charge in [-0.2, -0.15) is 11.8 Å². The lowest BCUT2D eigenvalue weighted by Gasteiger charge is -2.28. The Bertz CT molecular complexity index is 1290. The second kappa shape index (κ2) is 10.6. The van der Waals surface area contributed by atoms with E-state index in [-0.39, 0.29) is 9.79 Å². The van der Waals surface area contributed by atoms with Crippen LogP contribution in [0.1, 0.15) is 5.56 Å². The summed E-state index contributed by atoms with van der Waals surface area (Å²) >= 11 is 5.19. The van der Waals surface area contributed by atoms with Crippen LogP contribution in [0.5, 0.6) is 0 Å². The highest BCUT2D eigenvalue weighted by molar-refractivity contribution is 9.10. The number of amides is 2. The Morgan fingerprint density at radius 3 is 2.12 bits per heavy atom. The maximum absolute atomic E-state index is 12.8. The van der Waals surface area contributed by atoms with Gasteiger partial charge in [-0.3, -0.25) is 5.41 Å². The molecule has 0 atom stereocenters. The summed E-state index contributed by atoms with van der Waals surface area (Å²) in [7, 11) is -3.65. The normalized spacial score (nSPS) is 13.9. The molecule has 0 aliphatic carbocycles. The minimum atomic E-state index is -3.65. The fourth-order valence-corrected chi connectivity index (χ4v) is 5.90. The SMILES string of the molecule is N=C(c1cccc(NC(=O)Nc2ccc(S(=O)(=O)c3ccc(Br)cc3)cc2)c1)N1CCSCC1. The number of halogens is 1. The zero-order chi connectivity index (χ0) is 24.1. The van der Waals surface area contributed by atoms with Crippen LogP contribution in [0.3, 0.4) is 0 Å². The molecule has 0 aromatic heterocycles. The monoisotopic (exact) mass is 558 g/mol. The van der Waals surface area contributed by atoms with Gasteiger partial charge in [-0.25, -0.2) is 13.2 Å². The standard InChI is InChI=1S/C24H23BrN4O3S2/c25-18-4-8-21(9-5-18)34(31,32)22-10-6-19(7-11-22)27-24(30)28-20-3-1-2-17(16-20)23(26)29-12-14-33-15-13-29/h1-11,16,26H,12-15H2,(H2,27,28,30). The van der Waals surface area contributed by atoms with Gasteiger partial charge in [0.2, 0.25) is 9.84 Å². The van der Waals surface area contributed by atoms with Crippen molar-refractivity contribution in [2.24, 2.45) is 0 Å². The Balaban J connectivity index is 1.40. The van der Waals surface area contributed by atoms with Crippen molar-refractivity contribution in [2.45, 2.75) is 9.79 Å². The van der Waals surface area contributed by atoms with Crippen LogP contribution in [0.25, 0.3) is 0 Å². The number of hydrogen-bond acceptors (Lipinski definition) is 5. The molecule has 0 bridgehead atoms. The van der Waals surface area contributed by atoms with Gasteiger partial charge < -0.3 is 15.5 Å². The quantitative estimate of drug-likeness (QED) is 0.291. The zero-order valence-electron chi connectivity index (χ0n) is 18.1. The molecule has 0 spiro atoms. The van der Waals surface area contributed by atoms with Crippen LogP contribution in [0.2, 0.25) is 0 Å².